The first-order valence-electron chi connectivity index (χ1n) is 8.10. The van der Waals surface area contributed by atoms with Crippen LogP contribution in [-0.2, 0) is 4.79 Å². The molecule has 3 amide bonds. The van der Waals surface area contributed by atoms with Crippen LogP contribution in [0.5, 0.6) is 0 Å². The molecule has 0 aliphatic carbocycles. The van der Waals surface area contributed by atoms with Crippen LogP contribution in [-0.4, -0.2) is 35.0 Å². The normalized spacial score (nSPS) is 15.4. The molecule has 1 aliphatic heterocycles. The van der Waals surface area contributed by atoms with Gasteiger partial charge in [0.05, 0.1) is 10.5 Å². The number of benzene rings is 2. The fraction of sp³-hybridized carbons (Fsp3) is 0.105. The average Bonchev–Trinajstić information content (AvgIpc) is 2.93. The van der Waals surface area contributed by atoms with Gasteiger partial charge in [0.15, 0.2) is 11.6 Å². The minimum Gasteiger partial charge on any atom is -0.350 e. The van der Waals surface area contributed by atoms with E-state index in [4.69, 9.17) is 0 Å². The van der Waals surface area contributed by atoms with Gasteiger partial charge in [0.25, 0.3) is 17.1 Å². The molecule has 28 heavy (non-hydrogen) atoms. The second kappa shape index (κ2) is 8.30. The van der Waals surface area contributed by atoms with E-state index in [1.165, 1.54) is 30.3 Å². The molecule has 2 aromatic rings. The molecule has 9 heteroatoms. The Kier molecular flexibility index (Phi) is 5.84. The number of imide groups is 1. The van der Waals surface area contributed by atoms with Crippen molar-refractivity contribution >= 4 is 34.9 Å². The summed E-state index contributed by atoms with van der Waals surface area (Å²) in [6.45, 7) is -0.318. The lowest BCUT2D eigenvalue weighted by Crippen LogP contribution is -2.37. The lowest BCUT2D eigenvalue weighted by atomic mass is 10.2. The molecular formula is C19H13F3N2O3S. The number of rotatable bonds is 5. The smallest absolute Gasteiger partial charge is 0.293 e. The molecule has 1 saturated heterocycles. The van der Waals surface area contributed by atoms with Crippen molar-refractivity contribution in [1.82, 2.24) is 10.2 Å². The Labute approximate surface area is 162 Å². The van der Waals surface area contributed by atoms with Crippen LogP contribution in [0.4, 0.5) is 18.0 Å². The maximum absolute atomic E-state index is 13.7. The average molecular weight is 406 g/mol. The van der Waals surface area contributed by atoms with Gasteiger partial charge in [-0.3, -0.25) is 19.3 Å². The SMILES string of the molecule is O=C(NCCN1C(=O)S/C(=C\c2ccccc2F)C1=O)c1cccc(F)c1F. The van der Waals surface area contributed by atoms with Gasteiger partial charge in [-0.25, -0.2) is 13.2 Å². The van der Waals surface area contributed by atoms with Gasteiger partial charge in [-0.05, 0) is 36.0 Å². The van der Waals surface area contributed by atoms with Gasteiger partial charge in [-0.1, -0.05) is 24.3 Å². The highest BCUT2D eigenvalue weighted by Crippen LogP contribution is 2.32. The van der Waals surface area contributed by atoms with Crippen LogP contribution in [0.2, 0.25) is 0 Å². The number of carbonyl (C=O) groups excluding carboxylic acids is 3. The van der Waals surface area contributed by atoms with Crippen molar-refractivity contribution in [3.63, 3.8) is 0 Å². The Morgan fingerprint density at radius 2 is 1.75 bits per heavy atom. The maximum Gasteiger partial charge on any atom is 0.293 e. The summed E-state index contributed by atoms with van der Waals surface area (Å²) in [5, 5.41) is 1.76. The van der Waals surface area contributed by atoms with E-state index in [1.807, 2.05) is 0 Å². The summed E-state index contributed by atoms with van der Waals surface area (Å²) in [4.78, 5) is 37.2. The molecule has 5 nitrogen and oxygen atoms in total. The number of amides is 3. The van der Waals surface area contributed by atoms with Crippen LogP contribution in [0.3, 0.4) is 0 Å². The van der Waals surface area contributed by atoms with Gasteiger partial charge in [-0.2, -0.15) is 0 Å². The first-order chi connectivity index (χ1) is 13.4. The van der Waals surface area contributed by atoms with Gasteiger partial charge in [0.1, 0.15) is 5.82 Å². The highest BCUT2D eigenvalue weighted by molar-refractivity contribution is 8.18. The quantitative estimate of drug-likeness (QED) is 0.771. The zero-order valence-electron chi connectivity index (χ0n) is 14.2. The molecule has 1 N–H and O–H groups in total. The lowest BCUT2D eigenvalue weighted by Gasteiger charge is -2.13. The summed E-state index contributed by atoms with van der Waals surface area (Å²) < 4.78 is 40.5. The molecule has 0 unspecified atom stereocenters. The van der Waals surface area contributed by atoms with E-state index in [2.05, 4.69) is 5.32 Å². The number of carbonyl (C=O) groups is 3. The molecule has 144 valence electrons. The molecular weight excluding hydrogens is 393 g/mol. The van der Waals surface area contributed by atoms with E-state index in [1.54, 1.807) is 6.07 Å². The molecule has 0 spiro atoms. The van der Waals surface area contributed by atoms with E-state index >= 15 is 0 Å². The Hall–Kier alpha value is -3.07. The van der Waals surface area contributed by atoms with Crippen molar-refractivity contribution in [3.05, 3.63) is 75.9 Å². The summed E-state index contributed by atoms with van der Waals surface area (Å²) in [5.41, 5.74) is -0.309. The lowest BCUT2D eigenvalue weighted by molar-refractivity contribution is -0.122. The first-order valence-corrected chi connectivity index (χ1v) is 8.92. The number of thioether (sulfide) groups is 1. The summed E-state index contributed by atoms with van der Waals surface area (Å²) >= 11 is 0.655. The molecule has 1 fully saturated rings. The third-order valence-corrected chi connectivity index (χ3v) is 4.79. The highest BCUT2D eigenvalue weighted by Gasteiger charge is 2.34. The van der Waals surface area contributed by atoms with Crippen molar-refractivity contribution in [2.45, 2.75) is 0 Å². The van der Waals surface area contributed by atoms with Crippen molar-refractivity contribution in [1.29, 1.82) is 0 Å². The molecule has 0 atom stereocenters. The minimum atomic E-state index is -1.28. The largest absolute Gasteiger partial charge is 0.350 e. The van der Waals surface area contributed by atoms with Crippen molar-refractivity contribution in [2.75, 3.05) is 13.1 Å². The van der Waals surface area contributed by atoms with Crippen LogP contribution in [0, 0.1) is 17.5 Å². The van der Waals surface area contributed by atoms with Crippen LogP contribution in [0.25, 0.3) is 6.08 Å². The van der Waals surface area contributed by atoms with Gasteiger partial charge in [-0.15, -0.1) is 0 Å². The van der Waals surface area contributed by atoms with E-state index in [-0.39, 0.29) is 23.6 Å². The molecule has 2 aromatic carbocycles. The van der Waals surface area contributed by atoms with Crippen LogP contribution < -0.4 is 5.32 Å². The standard InChI is InChI=1S/C19H13F3N2O3S/c20-13-6-2-1-4-11(13)10-15-18(26)24(19(27)28-15)9-8-23-17(25)12-5-3-7-14(21)16(12)22/h1-7,10H,8-9H2,(H,23,25)/b15-10-. The van der Waals surface area contributed by atoms with E-state index in [9.17, 15) is 27.6 Å². The number of nitrogens with one attached hydrogen (secondary N) is 1. The molecule has 1 heterocycles. The van der Waals surface area contributed by atoms with Crippen LogP contribution >= 0.6 is 11.8 Å². The predicted octanol–water partition coefficient (Wildman–Crippen LogP) is 3.57. The second-order valence-corrected chi connectivity index (χ2v) is 6.71. The Balaban J connectivity index is 1.63. The molecule has 0 saturated carbocycles. The van der Waals surface area contributed by atoms with Crippen LogP contribution in [0.1, 0.15) is 15.9 Å². The van der Waals surface area contributed by atoms with Crippen LogP contribution in [0.15, 0.2) is 47.4 Å². The van der Waals surface area contributed by atoms with E-state index in [0.717, 1.165) is 17.0 Å². The van der Waals surface area contributed by atoms with E-state index < -0.39 is 40.1 Å². The number of hydrogen-bond donors (Lipinski definition) is 1. The summed E-state index contributed by atoms with van der Waals surface area (Å²) in [6.07, 6.45) is 1.28. The van der Waals surface area contributed by atoms with Crippen molar-refractivity contribution in [3.8, 4) is 0 Å². The van der Waals surface area contributed by atoms with Crippen molar-refractivity contribution < 1.29 is 27.6 Å². The van der Waals surface area contributed by atoms with Gasteiger partial charge < -0.3 is 5.32 Å². The minimum absolute atomic E-state index is 0.0533. The zero-order valence-corrected chi connectivity index (χ0v) is 15.1. The topological polar surface area (TPSA) is 66.5 Å². The van der Waals surface area contributed by atoms with Crippen molar-refractivity contribution in [2.24, 2.45) is 0 Å². The van der Waals surface area contributed by atoms with Gasteiger partial charge in [0, 0.05) is 18.7 Å². The summed E-state index contributed by atoms with van der Waals surface area (Å²) in [7, 11) is 0. The zero-order chi connectivity index (χ0) is 20.3. The van der Waals surface area contributed by atoms with Gasteiger partial charge in [0.2, 0.25) is 0 Å². The molecule has 1 aliphatic rings. The second-order valence-electron chi connectivity index (χ2n) is 5.71. The molecule has 0 radical (unpaired) electrons. The molecule has 0 bridgehead atoms. The first kappa shape index (κ1) is 19.7. The van der Waals surface area contributed by atoms with E-state index in [0.29, 0.717) is 11.8 Å². The number of nitrogens with zero attached hydrogens (tertiary/aromatic N) is 1. The van der Waals surface area contributed by atoms with Gasteiger partial charge >= 0.3 is 0 Å². The number of hydrogen-bond acceptors (Lipinski definition) is 4. The number of halogens is 3. The fourth-order valence-corrected chi connectivity index (χ4v) is 3.34. The Morgan fingerprint density at radius 3 is 2.50 bits per heavy atom. The summed E-state index contributed by atoms with van der Waals surface area (Å²) in [5.74, 6) is -4.45. The monoisotopic (exact) mass is 406 g/mol. The third-order valence-electron chi connectivity index (χ3n) is 3.88. The third kappa shape index (κ3) is 4.09. The molecule has 0 aromatic heterocycles. The predicted molar refractivity (Wildman–Crippen MR) is 97.8 cm³/mol. The highest BCUT2D eigenvalue weighted by atomic mass is 32.2. The Morgan fingerprint density at radius 1 is 1.04 bits per heavy atom. The summed E-state index contributed by atoms with van der Waals surface area (Å²) in [6, 6.07) is 8.99. The maximum atomic E-state index is 13.7. The molecule has 3 rings (SSSR count). The fourth-order valence-electron chi connectivity index (χ4n) is 2.48. The Bertz CT molecular complexity index is 994.